The number of amides is 2. The summed E-state index contributed by atoms with van der Waals surface area (Å²) >= 11 is 0. The maximum absolute atomic E-state index is 13.0. The van der Waals surface area contributed by atoms with E-state index in [0.717, 1.165) is 28.6 Å². The highest BCUT2D eigenvalue weighted by molar-refractivity contribution is 5.95. The van der Waals surface area contributed by atoms with E-state index in [1.165, 1.54) is 0 Å². The molecule has 35 heavy (non-hydrogen) atoms. The standard InChI is InChI=1S/C27H32N4O4/c1-17-14-19(22-6-4-5-7-24(22)28-17)16-35-21-11-8-18(9-12-21)26(32)29-25-15-20(31(2)3)10-13-23(25)27(33)30-34/h4-9,11-12,14,20,23,25,34H,10,13,15-16H2,1-3H3,(H,29,32)(H,30,33). The Labute approximate surface area is 205 Å². The fourth-order valence-corrected chi connectivity index (χ4v) is 4.80. The molecule has 0 aliphatic heterocycles. The monoisotopic (exact) mass is 476 g/mol. The summed E-state index contributed by atoms with van der Waals surface area (Å²) < 4.78 is 6.00. The normalized spacial score (nSPS) is 20.0. The lowest BCUT2D eigenvalue weighted by molar-refractivity contribution is -0.135. The fourth-order valence-electron chi connectivity index (χ4n) is 4.80. The molecule has 1 aromatic heterocycles. The summed E-state index contributed by atoms with van der Waals surface area (Å²) in [6, 6.07) is 16.9. The van der Waals surface area contributed by atoms with E-state index in [1.807, 2.05) is 51.4 Å². The van der Waals surface area contributed by atoms with Crippen molar-refractivity contribution in [1.29, 1.82) is 0 Å². The maximum Gasteiger partial charge on any atom is 0.251 e. The number of rotatable bonds is 7. The summed E-state index contributed by atoms with van der Waals surface area (Å²) in [7, 11) is 3.98. The second kappa shape index (κ2) is 10.8. The van der Waals surface area contributed by atoms with Crippen molar-refractivity contribution in [2.45, 2.75) is 44.9 Å². The number of hydroxylamine groups is 1. The number of fused-ring (bicyclic) bond motifs is 1. The molecule has 3 unspecified atom stereocenters. The molecule has 0 radical (unpaired) electrons. The number of nitrogens with zero attached hydrogens (tertiary/aromatic N) is 2. The molecule has 1 heterocycles. The number of aryl methyl sites for hydroxylation is 1. The van der Waals surface area contributed by atoms with Crippen LogP contribution in [-0.4, -0.2) is 53.1 Å². The number of ether oxygens (including phenoxy) is 1. The summed E-state index contributed by atoms with van der Waals surface area (Å²) in [5, 5.41) is 13.2. The molecule has 3 atom stereocenters. The molecule has 2 amide bonds. The molecule has 8 nitrogen and oxygen atoms in total. The van der Waals surface area contributed by atoms with Gasteiger partial charge in [0.2, 0.25) is 5.91 Å². The van der Waals surface area contributed by atoms with Gasteiger partial charge in [-0.2, -0.15) is 0 Å². The molecule has 3 aromatic rings. The van der Waals surface area contributed by atoms with Gasteiger partial charge in [0.05, 0.1) is 11.4 Å². The lowest BCUT2D eigenvalue weighted by atomic mass is 9.80. The summed E-state index contributed by atoms with van der Waals surface area (Å²) in [5.74, 6) is -0.535. The summed E-state index contributed by atoms with van der Waals surface area (Å²) in [6.45, 7) is 2.35. The predicted octanol–water partition coefficient (Wildman–Crippen LogP) is 3.46. The Morgan fingerprint density at radius 1 is 1.11 bits per heavy atom. The topological polar surface area (TPSA) is 104 Å². The SMILES string of the molecule is Cc1cc(COc2ccc(C(=O)NC3CC(N(C)C)CCC3C(=O)NO)cc2)c2ccccc2n1. The number of benzene rings is 2. The van der Waals surface area contributed by atoms with Crippen molar-refractivity contribution in [3.8, 4) is 5.75 Å². The van der Waals surface area contributed by atoms with Crippen molar-refractivity contribution in [2.24, 2.45) is 5.92 Å². The molecule has 2 aromatic carbocycles. The highest BCUT2D eigenvalue weighted by Crippen LogP contribution is 2.28. The summed E-state index contributed by atoms with van der Waals surface area (Å²) in [4.78, 5) is 31.8. The quantitative estimate of drug-likeness (QED) is 0.356. The van der Waals surface area contributed by atoms with Crippen molar-refractivity contribution < 1.29 is 19.5 Å². The van der Waals surface area contributed by atoms with Gasteiger partial charge in [-0.25, -0.2) is 5.48 Å². The predicted molar refractivity (Wildman–Crippen MR) is 133 cm³/mol. The maximum atomic E-state index is 13.0. The van der Waals surface area contributed by atoms with Crippen LogP contribution in [0, 0.1) is 12.8 Å². The average Bonchev–Trinajstić information content (AvgIpc) is 2.86. The fraction of sp³-hybridized carbons (Fsp3) is 0.370. The molecule has 184 valence electrons. The van der Waals surface area contributed by atoms with Crippen molar-refractivity contribution in [1.82, 2.24) is 20.7 Å². The van der Waals surface area contributed by atoms with Crippen LogP contribution >= 0.6 is 0 Å². The molecule has 0 spiro atoms. The van der Waals surface area contributed by atoms with Crippen LogP contribution in [0.25, 0.3) is 10.9 Å². The Morgan fingerprint density at radius 2 is 1.86 bits per heavy atom. The largest absolute Gasteiger partial charge is 0.489 e. The Bertz CT molecular complexity index is 1200. The third-order valence-electron chi connectivity index (χ3n) is 6.76. The minimum absolute atomic E-state index is 0.256. The lowest BCUT2D eigenvalue weighted by Gasteiger charge is -2.38. The van der Waals surface area contributed by atoms with Crippen LogP contribution in [0.4, 0.5) is 0 Å². The minimum atomic E-state index is -0.471. The first kappa shape index (κ1) is 24.6. The summed E-state index contributed by atoms with van der Waals surface area (Å²) in [6.07, 6.45) is 2.06. The Kier molecular flexibility index (Phi) is 7.63. The molecular formula is C27H32N4O4. The van der Waals surface area contributed by atoms with Gasteiger partial charge in [-0.3, -0.25) is 19.8 Å². The van der Waals surface area contributed by atoms with Gasteiger partial charge in [-0.05, 0) is 76.7 Å². The smallest absolute Gasteiger partial charge is 0.251 e. The summed E-state index contributed by atoms with van der Waals surface area (Å²) in [5.41, 5.74) is 5.15. The van der Waals surface area contributed by atoms with Gasteiger partial charge < -0.3 is 15.0 Å². The minimum Gasteiger partial charge on any atom is -0.489 e. The number of pyridine rings is 1. The van der Waals surface area contributed by atoms with Gasteiger partial charge in [-0.15, -0.1) is 0 Å². The molecular weight excluding hydrogens is 444 g/mol. The van der Waals surface area contributed by atoms with Crippen molar-refractivity contribution in [3.63, 3.8) is 0 Å². The molecule has 8 heteroatoms. The molecule has 3 N–H and O–H groups in total. The van der Waals surface area contributed by atoms with Crippen LogP contribution in [-0.2, 0) is 11.4 Å². The number of para-hydroxylation sites is 1. The van der Waals surface area contributed by atoms with Crippen molar-refractivity contribution in [2.75, 3.05) is 14.1 Å². The van der Waals surface area contributed by atoms with E-state index < -0.39 is 11.8 Å². The number of hydrogen-bond donors (Lipinski definition) is 3. The van der Waals surface area contributed by atoms with Gasteiger partial charge in [0.25, 0.3) is 5.91 Å². The van der Waals surface area contributed by atoms with Gasteiger partial charge in [0.15, 0.2) is 0 Å². The first-order valence-corrected chi connectivity index (χ1v) is 11.8. The number of carbonyl (C=O) groups excluding carboxylic acids is 2. The second-order valence-electron chi connectivity index (χ2n) is 9.35. The van der Waals surface area contributed by atoms with E-state index in [1.54, 1.807) is 29.7 Å². The molecule has 1 saturated carbocycles. The van der Waals surface area contributed by atoms with Crippen molar-refractivity contribution in [3.05, 3.63) is 71.4 Å². The van der Waals surface area contributed by atoms with E-state index in [2.05, 4.69) is 15.2 Å². The van der Waals surface area contributed by atoms with Crippen LogP contribution in [0.15, 0.2) is 54.6 Å². The third-order valence-corrected chi connectivity index (χ3v) is 6.76. The molecule has 4 rings (SSSR count). The second-order valence-corrected chi connectivity index (χ2v) is 9.35. The molecule has 1 aliphatic rings. The van der Waals surface area contributed by atoms with E-state index in [9.17, 15) is 9.59 Å². The lowest BCUT2D eigenvalue weighted by Crippen LogP contribution is -2.52. The first-order chi connectivity index (χ1) is 16.9. The van der Waals surface area contributed by atoms with E-state index in [4.69, 9.17) is 9.94 Å². The zero-order valence-electron chi connectivity index (χ0n) is 20.3. The van der Waals surface area contributed by atoms with E-state index >= 15 is 0 Å². The molecule has 0 bridgehead atoms. The van der Waals surface area contributed by atoms with Crippen molar-refractivity contribution >= 4 is 22.7 Å². The average molecular weight is 477 g/mol. The zero-order chi connectivity index (χ0) is 24.9. The van der Waals surface area contributed by atoms with Crippen LogP contribution in [0.5, 0.6) is 5.75 Å². The molecule has 1 fully saturated rings. The highest BCUT2D eigenvalue weighted by Gasteiger charge is 2.36. The van der Waals surface area contributed by atoms with Crippen LogP contribution in [0.1, 0.15) is 40.9 Å². The van der Waals surface area contributed by atoms with E-state index in [-0.39, 0.29) is 18.0 Å². The zero-order valence-corrected chi connectivity index (χ0v) is 20.3. The third kappa shape index (κ3) is 5.78. The highest BCUT2D eigenvalue weighted by atomic mass is 16.5. The van der Waals surface area contributed by atoms with E-state index in [0.29, 0.717) is 30.8 Å². The van der Waals surface area contributed by atoms with Gasteiger partial charge in [0, 0.05) is 34.3 Å². The first-order valence-electron chi connectivity index (χ1n) is 11.8. The number of hydrogen-bond acceptors (Lipinski definition) is 6. The number of carbonyl (C=O) groups is 2. The Hall–Kier alpha value is -3.49. The van der Waals surface area contributed by atoms with Gasteiger partial charge >= 0.3 is 0 Å². The molecule has 0 saturated heterocycles. The van der Waals surface area contributed by atoms with Gasteiger partial charge in [-0.1, -0.05) is 18.2 Å². The van der Waals surface area contributed by atoms with Crippen LogP contribution in [0.2, 0.25) is 0 Å². The Balaban J connectivity index is 1.42. The van der Waals surface area contributed by atoms with Gasteiger partial charge in [0.1, 0.15) is 12.4 Å². The Morgan fingerprint density at radius 3 is 2.57 bits per heavy atom. The van der Waals surface area contributed by atoms with Crippen LogP contribution < -0.4 is 15.5 Å². The van der Waals surface area contributed by atoms with Crippen LogP contribution in [0.3, 0.4) is 0 Å². The number of nitrogens with one attached hydrogen (secondary N) is 2. The molecule has 1 aliphatic carbocycles. The number of aromatic nitrogens is 1.